The van der Waals surface area contributed by atoms with Crippen molar-refractivity contribution in [3.63, 3.8) is 0 Å². The van der Waals surface area contributed by atoms with Crippen molar-refractivity contribution in [3.05, 3.63) is 85.9 Å². The van der Waals surface area contributed by atoms with Crippen molar-refractivity contribution in [1.82, 2.24) is 24.4 Å². The van der Waals surface area contributed by atoms with E-state index >= 15 is 0 Å². The topological polar surface area (TPSA) is 95.9 Å². The fourth-order valence-electron chi connectivity index (χ4n) is 3.52. The quantitative estimate of drug-likeness (QED) is 0.361. The van der Waals surface area contributed by atoms with E-state index in [1.807, 2.05) is 18.3 Å². The van der Waals surface area contributed by atoms with Gasteiger partial charge in [-0.25, -0.2) is 4.98 Å². The van der Waals surface area contributed by atoms with E-state index in [0.29, 0.717) is 24.5 Å². The molecule has 0 bridgehead atoms. The van der Waals surface area contributed by atoms with E-state index in [0.717, 1.165) is 48.7 Å². The summed E-state index contributed by atoms with van der Waals surface area (Å²) in [6.07, 6.45) is 7.63. The second kappa shape index (κ2) is 13.1. The first-order valence-corrected chi connectivity index (χ1v) is 12.8. The van der Waals surface area contributed by atoms with E-state index in [1.165, 1.54) is 5.56 Å². The lowest BCUT2D eigenvalue weighted by Crippen LogP contribution is -2.21. The standard InChI is InChI=1S/C25H34N6O2S/c1-4-5-10-31-11-7-19(15-23(31)32)13-21-16-28-25(29-24(21)33)27-9-12-34-18-22-14-20(6-8-26-22)17-30(2)3/h6-8,11,14-16H,4-5,9-10,12-13,17-18H2,1-3H3,(H2,27,28,29,33). The number of unbranched alkanes of at least 4 members (excludes halogenated alkanes) is 1. The van der Waals surface area contributed by atoms with Crippen LogP contribution in [0.25, 0.3) is 0 Å². The Kier molecular flexibility index (Phi) is 9.90. The minimum absolute atomic E-state index is 0.0363. The van der Waals surface area contributed by atoms with Gasteiger partial charge in [-0.15, -0.1) is 0 Å². The molecule has 3 aromatic rings. The Hall–Kier alpha value is -2.91. The highest BCUT2D eigenvalue weighted by Crippen LogP contribution is 2.12. The summed E-state index contributed by atoms with van der Waals surface area (Å²) in [5.41, 5.74) is 3.44. The molecule has 0 aliphatic rings. The van der Waals surface area contributed by atoms with Crippen LogP contribution in [0.5, 0.6) is 0 Å². The van der Waals surface area contributed by atoms with Gasteiger partial charge in [0, 0.05) is 67.8 Å². The Morgan fingerprint density at radius 2 is 2.00 bits per heavy atom. The maximum atomic E-state index is 12.5. The molecule has 0 atom stereocenters. The summed E-state index contributed by atoms with van der Waals surface area (Å²) in [7, 11) is 4.11. The molecule has 0 aliphatic heterocycles. The fourth-order valence-corrected chi connectivity index (χ4v) is 4.28. The number of H-pyrrole nitrogens is 1. The van der Waals surface area contributed by atoms with Crippen molar-refractivity contribution in [2.75, 3.05) is 31.7 Å². The molecule has 0 saturated carbocycles. The Morgan fingerprint density at radius 1 is 1.15 bits per heavy atom. The molecule has 0 aromatic carbocycles. The molecule has 182 valence electrons. The van der Waals surface area contributed by atoms with Crippen LogP contribution in [0.15, 0.2) is 52.4 Å². The van der Waals surface area contributed by atoms with Crippen LogP contribution in [0.4, 0.5) is 5.95 Å². The molecular formula is C25H34N6O2S. The van der Waals surface area contributed by atoms with Gasteiger partial charge in [-0.3, -0.25) is 19.6 Å². The monoisotopic (exact) mass is 482 g/mol. The molecule has 9 heteroatoms. The van der Waals surface area contributed by atoms with Crippen molar-refractivity contribution in [2.24, 2.45) is 0 Å². The average molecular weight is 483 g/mol. The number of aryl methyl sites for hydroxylation is 1. The largest absolute Gasteiger partial charge is 0.355 e. The number of nitrogens with zero attached hydrogens (tertiary/aromatic N) is 4. The molecule has 0 aliphatic carbocycles. The van der Waals surface area contributed by atoms with Crippen LogP contribution in [0.1, 0.15) is 42.1 Å². The smallest absolute Gasteiger partial charge is 0.255 e. The zero-order valence-electron chi connectivity index (χ0n) is 20.2. The number of hydrogen-bond acceptors (Lipinski definition) is 7. The highest BCUT2D eigenvalue weighted by Gasteiger charge is 2.06. The molecule has 0 radical (unpaired) electrons. The lowest BCUT2D eigenvalue weighted by atomic mass is 10.1. The van der Waals surface area contributed by atoms with E-state index in [4.69, 9.17) is 0 Å². The molecule has 8 nitrogen and oxygen atoms in total. The van der Waals surface area contributed by atoms with Gasteiger partial charge in [-0.2, -0.15) is 11.8 Å². The molecule has 3 aromatic heterocycles. The summed E-state index contributed by atoms with van der Waals surface area (Å²) in [5, 5.41) is 3.17. The Bertz CT molecular complexity index is 1170. The number of thioether (sulfide) groups is 1. The molecule has 0 unspecified atom stereocenters. The summed E-state index contributed by atoms with van der Waals surface area (Å²) in [5.74, 6) is 2.15. The first kappa shape index (κ1) is 25.7. The van der Waals surface area contributed by atoms with Crippen molar-refractivity contribution in [2.45, 2.75) is 45.0 Å². The molecule has 0 spiro atoms. The van der Waals surface area contributed by atoms with Gasteiger partial charge < -0.3 is 14.8 Å². The number of rotatable bonds is 13. The lowest BCUT2D eigenvalue weighted by Gasteiger charge is -2.10. The van der Waals surface area contributed by atoms with Gasteiger partial charge in [-0.1, -0.05) is 13.3 Å². The van der Waals surface area contributed by atoms with Crippen molar-refractivity contribution in [1.29, 1.82) is 0 Å². The van der Waals surface area contributed by atoms with Crippen LogP contribution < -0.4 is 16.4 Å². The molecular weight excluding hydrogens is 448 g/mol. The second-order valence-electron chi connectivity index (χ2n) is 8.56. The van der Waals surface area contributed by atoms with Crippen LogP contribution in [0.2, 0.25) is 0 Å². The third-order valence-electron chi connectivity index (χ3n) is 5.25. The van der Waals surface area contributed by atoms with Crippen LogP contribution in [0.3, 0.4) is 0 Å². The summed E-state index contributed by atoms with van der Waals surface area (Å²) in [6.45, 7) is 4.40. The SMILES string of the molecule is CCCCn1ccc(Cc2cnc(NCCSCc3cc(CN(C)C)ccn3)[nH]c2=O)cc1=O. The average Bonchev–Trinajstić information content (AvgIpc) is 2.80. The van der Waals surface area contributed by atoms with E-state index in [9.17, 15) is 9.59 Å². The Balaban J connectivity index is 1.46. The number of pyridine rings is 2. The van der Waals surface area contributed by atoms with Gasteiger partial charge in [0.1, 0.15) is 0 Å². The summed E-state index contributed by atoms with van der Waals surface area (Å²) in [4.78, 5) is 38.4. The first-order valence-electron chi connectivity index (χ1n) is 11.6. The predicted octanol–water partition coefficient (Wildman–Crippen LogP) is 3.12. The highest BCUT2D eigenvalue weighted by atomic mass is 32.2. The predicted molar refractivity (Wildman–Crippen MR) is 140 cm³/mol. The third-order valence-corrected chi connectivity index (χ3v) is 6.24. The van der Waals surface area contributed by atoms with Crippen molar-refractivity contribution < 1.29 is 0 Å². The molecule has 0 fully saturated rings. The molecule has 0 saturated heterocycles. The van der Waals surface area contributed by atoms with Crippen molar-refractivity contribution >= 4 is 17.7 Å². The van der Waals surface area contributed by atoms with Gasteiger partial charge in [0.05, 0.1) is 5.69 Å². The molecule has 0 amide bonds. The fraction of sp³-hybridized carbons (Fsp3) is 0.440. The number of nitrogens with one attached hydrogen (secondary N) is 2. The van der Waals surface area contributed by atoms with Crippen LogP contribution in [-0.2, 0) is 25.3 Å². The van der Waals surface area contributed by atoms with E-state index in [-0.39, 0.29) is 11.1 Å². The van der Waals surface area contributed by atoms with Crippen LogP contribution >= 0.6 is 11.8 Å². The van der Waals surface area contributed by atoms with E-state index < -0.39 is 0 Å². The molecule has 3 heterocycles. The minimum atomic E-state index is -0.192. The van der Waals surface area contributed by atoms with Crippen molar-refractivity contribution in [3.8, 4) is 0 Å². The minimum Gasteiger partial charge on any atom is -0.355 e. The van der Waals surface area contributed by atoms with Crippen LogP contribution in [0, 0.1) is 0 Å². The lowest BCUT2D eigenvalue weighted by molar-refractivity contribution is 0.402. The summed E-state index contributed by atoms with van der Waals surface area (Å²) < 4.78 is 1.71. The maximum absolute atomic E-state index is 12.5. The molecule has 34 heavy (non-hydrogen) atoms. The normalized spacial score (nSPS) is 11.2. The van der Waals surface area contributed by atoms with E-state index in [2.05, 4.69) is 52.3 Å². The number of aromatic nitrogens is 4. The molecule has 2 N–H and O–H groups in total. The second-order valence-corrected chi connectivity index (χ2v) is 9.66. The van der Waals surface area contributed by atoms with Gasteiger partial charge in [0.15, 0.2) is 0 Å². The first-order chi connectivity index (χ1) is 16.4. The van der Waals surface area contributed by atoms with Gasteiger partial charge >= 0.3 is 0 Å². The zero-order chi connectivity index (χ0) is 24.3. The van der Waals surface area contributed by atoms with Gasteiger partial charge in [0.25, 0.3) is 11.1 Å². The Labute approximate surface area is 204 Å². The van der Waals surface area contributed by atoms with Gasteiger partial charge in [-0.05, 0) is 49.8 Å². The number of hydrogen-bond donors (Lipinski definition) is 2. The van der Waals surface area contributed by atoms with Gasteiger partial charge in [0.2, 0.25) is 5.95 Å². The summed E-state index contributed by atoms with van der Waals surface area (Å²) >= 11 is 1.78. The Morgan fingerprint density at radius 3 is 2.74 bits per heavy atom. The third kappa shape index (κ3) is 8.14. The zero-order valence-corrected chi connectivity index (χ0v) is 21.0. The highest BCUT2D eigenvalue weighted by molar-refractivity contribution is 7.98. The number of anilines is 1. The van der Waals surface area contributed by atoms with Crippen LogP contribution in [-0.4, -0.2) is 50.8 Å². The van der Waals surface area contributed by atoms with E-state index in [1.54, 1.807) is 34.8 Å². The maximum Gasteiger partial charge on any atom is 0.255 e. The summed E-state index contributed by atoms with van der Waals surface area (Å²) in [6, 6.07) is 7.68. The molecule has 3 rings (SSSR count). The number of aromatic amines is 1.